The predicted octanol–water partition coefficient (Wildman–Crippen LogP) is 2.43. The number of hydrogen-bond donors (Lipinski definition) is 2. The average Bonchev–Trinajstić information content (AvgIpc) is 3.04. The molecular weight excluding hydrogens is 396 g/mol. The molecule has 2 heterocycles. The van der Waals surface area contributed by atoms with Crippen molar-refractivity contribution in [2.24, 2.45) is 0 Å². The highest BCUT2D eigenvalue weighted by Gasteiger charge is 2.30. The standard InChI is InChI=1S/C17H19ClN2O6S/c1-3-25-16(23)15-9(2)19-17(24)20-10(15)8-26-14(22)7-4-11(21)12-5-6-13(18)27-12/h5-6,9H,3-4,7-8H2,1-2H3,(H2,19,20,24)/t9-/m0/s1. The normalized spacial score (nSPS) is 16.4. The second kappa shape index (κ2) is 9.52. The van der Waals surface area contributed by atoms with Crippen LogP contribution in [-0.4, -0.2) is 43.0 Å². The first-order valence-corrected chi connectivity index (χ1v) is 9.43. The molecule has 2 amide bonds. The average molecular weight is 415 g/mol. The van der Waals surface area contributed by atoms with Crippen molar-refractivity contribution in [2.45, 2.75) is 32.7 Å². The summed E-state index contributed by atoms with van der Waals surface area (Å²) in [6, 6.07) is 2.12. The summed E-state index contributed by atoms with van der Waals surface area (Å²) >= 11 is 6.92. The summed E-state index contributed by atoms with van der Waals surface area (Å²) in [5.41, 5.74) is 0.350. The third-order valence-corrected chi connectivity index (χ3v) is 4.92. The molecule has 1 aliphatic heterocycles. The number of urea groups is 1. The Hall–Kier alpha value is -2.39. The van der Waals surface area contributed by atoms with E-state index in [1.54, 1.807) is 26.0 Å². The number of carbonyl (C=O) groups is 4. The van der Waals surface area contributed by atoms with Crippen molar-refractivity contribution in [1.82, 2.24) is 10.6 Å². The van der Waals surface area contributed by atoms with Gasteiger partial charge in [0.05, 0.1) is 39.6 Å². The Kier molecular flexibility index (Phi) is 7.37. The molecular formula is C17H19ClN2O6S. The molecule has 8 nitrogen and oxygen atoms in total. The van der Waals surface area contributed by atoms with Crippen LogP contribution in [0.25, 0.3) is 0 Å². The van der Waals surface area contributed by atoms with Gasteiger partial charge in [0, 0.05) is 6.42 Å². The van der Waals surface area contributed by atoms with Crippen molar-refractivity contribution in [3.8, 4) is 0 Å². The maximum atomic E-state index is 12.1. The third kappa shape index (κ3) is 5.80. The maximum absolute atomic E-state index is 12.1. The number of carbonyl (C=O) groups excluding carboxylic acids is 4. The molecule has 0 spiro atoms. The van der Waals surface area contributed by atoms with Crippen molar-refractivity contribution in [3.63, 3.8) is 0 Å². The Morgan fingerprint density at radius 2 is 1.96 bits per heavy atom. The fourth-order valence-electron chi connectivity index (χ4n) is 2.42. The summed E-state index contributed by atoms with van der Waals surface area (Å²) in [6.07, 6.45) is -0.151. The summed E-state index contributed by atoms with van der Waals surface area (Å²) < 4.78 is 10.6. The predicted molar refractivity (Wildman–Crippen MR) is 98.6 cm³/mol. The quantitative estimate of drug-likeness (QED) is 0.499. The van der Waals surface area contributed by atoms with Gasteiger partial charge in [-0.1, -0.05) is 11.6 Å². The number of amides is 2. The minimum atomic E-state index is -0.623. The highest BCUT2D eigenvalue weighted by Crippen LogP contribution is 2.23. The molecule has 27 heavy (non-hydrogen) atoms. The lowest BCUT2D eigenvalue weighted by atomic mass is 10.0. The molecule has 0 saturated heterocycles. The van der Waals surface area contributed by atoms with E-state index in [0.717, 1.165) is 11.3 Å². The topological polar surface area (TPSA) is 111 Å². The van der Waals surface area contributed by atoms with E-state index in [4.69, 9.17) is 21.1 Å². The number of esters is 2. The van der Waals surface area contributed by atoms with Crippen LogP contribution in [0.3, 0.4) is 0 Å². The van der Waals surface area contributed by atoms with Crippen molar-refractivity contribution >= 4 is 46.7 Å². The molecule has 1 aliphatic rings. The second-order valence-electron chi connectivity index (χ2n) is 5.62. The van der Waals surface area contributed by atoms with E-state index in [1.807, 2.05) is 0 Å². The number of halogens is 1. The highest BCUT2D eigenvalue weighted by molar-refractivity contribution is 7.18. The smallest absolute Gasteiger partial charge is 0.338 e. The van der Waals surface area contributed by atoms with Crippen molar-refractivity contribution < 1.29 is 28.7 Å². The van der Waals surface area contributed by atoms with Gasteiger partial charge in [-0.05, 0) is 26.0 Å². The Morgan fingerprint density at radius 1 is 1.22 bits per heavy atom. The molecule has 1 atom stereocenters. The number of Topliss-reactive ketones (excluding diaryl/α,β-unsaturated/α-hetero) is 1. The molecule has 10 heteroatoms. The minimum Gasteiger partial charge on any atom is -0.463 e. The second-order valence-corrected chi connectivity index (χ2v) is 7.34. The molecule has 0 saturated carbocycles. The highest BCUT2D eigenvalue weighted by atomic mass is 35.5. The maximum Gasteiger partial charge on any atom is 0.338 e. The van der Waals surface area contributed by atoms with E-state index in [-0.39, 0.29) is 43.1 Å². The first-order valence-electron chi connectivity index (χ1n) is 8.23. The van der Waals surface area contributed by atoms with Crippen LogP contribution in [-0.2, 0) is 19.1 Å². The van der Waals surface area contributed by atoms with E-state index in [9.17, 15) is 19.2 Å². The van der Waals surface area contributed by atoms with Crippen LogP contribution in [0.2, 0.25) is 4.34 Å². The van der Waals surface area contributed by atoms with E-state index >= 15 is 0 Å². The van der Waals surface area contributed by atoms with E-state index in [2.05, 4.69) is 10.6 Å². The van der Waals surface area contributed by atoms with Crippen LogP contribution in [0.1, 0.15) is 36.4 Å². The third-order valence-electron chi connectivity index (χ3n) is 3.65. The van der Waals surface area contributed by atoms with Gasteiger partial charge < -0.3 is 20.1 Å². The number of nitrogens with one attached hydrogen (secondary N) is 2. The number of thiophene rings is 1. The SMILES string of the molecule is CCOC(=O)C1=C(COC(=O)CCC(=O)c2ccc(Cl)s2)NC(=O)N[C@H]1C. The van der Waals surface area contributed by atoms with Gasteiger partial charge in [-0.15, -0.1) is 11.3 Å². The Balaban J connectivity index is 1.94. The number of ether oxygens (including phenoxy) is 2. The molecule has 2 rings (SSSR count). The largest absolute Gasteiger partial charge is 0.463 e. The zero-order chi connectivity index (χ0) is 20.0. The molecule has 0 aromatic carbocycles. The van der Waals surface area contributed by atoms with Gasteiger partial charge in [-0.2, -0.15) is 0 Å². The Bertz CT molecular complexity index is 788. The fourth-order valence-corrected chi connectivity index (χ4v) is 3.43. The van der Waals surface area contributed by atoms with Gasteiger partial charge in [0.15, 0.2) is 5.78 Å². The summed E-state index contributed by atoms with van der Waals surface area (Å²) in [7, 11) is 0. The van der Waals surface area contributed by atoms with Gasteiger partial charge in [0.25, 0.3) is 0 Å². The number of hydrogen-bond acceptors (Lipinski definition) is 7. The summed E-state index contributed by atoms with van der Waals surface area (Å²) in [6.45, 7) is 3.15. The molecule has 146 valence electrons. The summed E-state index contributed by atoms with van der Waals surface area (Å²) in [5.74, 6) is -1.44. The molecule has 1 aromatic rings. The van der Waals surface area contributed by atoms with Crippen LogP contribution >= 0.6 is 22.9 Å². The zero-order valence-electron chi connectivity index (χ0n) is 14.8. The lowest BCUT2D eigenvalue weighted by Gasteiger charge is -2.26. The van der Waals surface area contributed by atoms with Crippen molar-refractivity contribution in [1.29, 1.82) is 0 Å². The molecule has 1 aromatic heterocycles. The van der Waals surface area contributed by atoms with Gasteiger partial charge >= 0.3 is 18.0 Å². The molecule has 0 unspecified atom stereocenters. The van der Waals surface area contributed by atoms with E-state index in [0.29, 0.717) is 9.21 Å². The first kappa shape index (κ1) is 20.9. The minimum absolute atomic E-state index is 0.0240. The number of ketones is 1. The molecule has 0 radical (unpaired) electrons. The van der Waals surface area contributed by atoms with Crippen molar-refractivity contribution in [3.05, 3.63) is 32.6 Å². The molecule has 2 N–H and O–H groups in total. The fraction of sp³-hybridized carbons (Fsp3) is 0.412. The van der Waals surface area contributed by atoms with Crippen molar-refractivity contribution in [2.75, 3.05) is 13.2 Å². The van der Waals surface area contributed by atoms with Gasteiger partial charge in [0.1, 0.15) is 6.61 Å². The Morgan fingerprint density at radius 3 is 2.59 bits per heavy atom. The lowest BCUT2D eigenvalue weighted by Crippen LogP contribution is -2.50. The van der Waals surface area contributed by atoms with Gasteiger partial charge in [0.2, 0.25) is 0 Å². The van der Waals surface area contributed by atoms with Gasteiger partial charge in [-0.3, -0.25) is 9.59 Å². The lowest BCUT2D eigenvalue weighted by molar-refractivity contribution is -0.143. The number of rotatable bonds is 8. The van der Waals surface area contributed by atoms with Crippen LogP contribution in [0.4, 0.5) is 4.79 Å². The molecule has 0 fully saturated rings. The van der Waals surface area contributed by atoms with Crippen LogP contribution in [0, 0.1) is 0 Å². The first-order chi connectivity index (χ1) is 12.8. The monoisotopic (exact) mass is 414 g/mol. The Labute approximate surface area is 164 Å². The van der Waals surface area contributed by atoms with E-state index < -0.39 is 24.0 Å². The van der Waals surface area contributed by atoms with Crippen LogP contribution < -0.4 is 10.6 Å². The molecule has 0 bridgehead atoms. The summed E-state index contributed by atoms with van der Waals surface area (Å²) in [4.78, 5) is 48.1. The zero-order valence-corrected chi connectivity index (χ0v) is 16.4. The van der Waals surface area contributed by atoms with E-state index in [1.165, 1.54) is 0 Å². The van der Waals surface area contributed by atoms with Crippen LogP contribution in [0.15, 0.2) is 23.4 Å². The molecule has 0 aliphatic carbocycles. The van der Waals surface area contributed by atoms with Gasteiger partial charge in [-0.25, -0.2) is 9.59 Å². The van der Waals surface area contributed by atoms with Crippen LogP contribution in [0.5, 0.6) is 0 Å². The summed E-state index contributed by atoms with van der Waals surface area (Å²) in [5, 5.41) is 5.00.